The quantitative estimate of drug-likeness (QED) is 0.902. The summed E-state index contributed by atoms with van der Waals surface area (Å²) in [4.78, 5) is 14.3. The number of nitrogens with zero attached hydrogens (tertiary/aromatic N) is 1. The van der Waals surface area contributed by atoms with Crippen molar-refractivity contribution in [2.75, 3.05) is 23.9 Å². The minimum atomic E-state index is -2.98. The molecule has 24 heavy (non-hydrogen) atoms. The van der Waals surface area contributed by atoms with Crippen LogP contribution in [0.5, 0.6) is 0 Å². The van der Waals surface area contributed by atoms with Crippen LogP contribution in [0.1, 0.15) is 37.3 Å². The second-order valence-corrected chi connectivity index (χ2v) is 9.25. The second-order valence-electron chi connectivity index (χ2n) is 7.02. The summed E-state index contributed by atoms with van der Waals surface area (Å²) in [6.45, 7) is 1.85. The van der Waals surface area contributed by atoms with Crippen LogP contribution >= 0.6 is 0 Å². The molecular weight excluding hydrogens is 324 g/mol. The van der Waals surface area contributed by atoms with Gasteiger partial charge in [-0.3, -0.25) is 4.79 Å². The lowest BCUT2D eigenvalue weighted by molar-refractivity contribution is -0.132. The minimum Gasteiger partial charge on any atom is -0.374 e. The lowest BCUT2D eigenvalue weighted by Gasteiger charge is -2.28. The van der Waals surface area contributed by atoms with Gasteiger partial charge in [-0.05, 0) is 56.2 Å². The summed E-state index contributed by atoms with van der Waals surface area (Å²) in [6.07, 6.45) is 5.11. The maximum atomic E-state index is 12.7. The zero-order valence-corrected chi connectivity index (χ0v) is 15.2. The van der Waals surface area contributed by atoms with Crippen molar-refractivity contribution in [2.24, 2.45) is 0 Å². The van der Waals surface area contributed by atoms with Crippen molar-refractivity contribution in [3.05, 3.63) is 29.3 Å². The molecule has 3 rings (SSSR count). The SMILES string of the molecule is C[C@@H](Nc1cccc2c1CCCC2)C(=O)N(C)[C@H]1CCS(=O)(=O)C1. The molecule has 0 unspecified atom stereocenters. The molecule has 0 saturated carbocycles. The molecule has 0 aromatic heterocycles. The zero-order chi connectivity index (χ0) is 17.3. The predicted octanol–water partition coefficient (Wildman–Crippen LogP) is 2.01. The van der Waals surface area contributed by atoms with Gasteiger partial charge in [-0.25, -0.2) is 8.42 Å². The van der Waals surface area contributed by atoms with Gasteiger partial charge >= 0.3 is 0 Å². The van der Waals surface area contributed by atoms with E-state index < -0.39 is 9.84 Å². The summed E-state index contributed by atoms with van der Waals surface area (Å²) in [6, 6.07) is 5.68. The second kappa shape index (κ2) is 6.75. The summed E-state index contributed by atoms with van der Waals surface area (Å²) in [5, 5.41) is 3.35. The third-order valence-electron chi connectivity index (χ3n) is 5.24. The lowest BCUT2D eigenvalue weighted by Crippen LogP contribution is -2.45. The fourth-order valence-electron chi connectivity index (χ4n) is 3.78. The number of nitrogens with one attached hydrogen (secondary N) is 1. The fraction of sp³-hybridized carbons (Fsp3) is 0.611. The van der Waals surface area contributed by atoms with Crippen LogP contribution in [0.2, 0.25) is 0 Å². The number of hydrogen-bond acceptors (Lipinski definition) is 4. The highest BCUT2D eigenvalue weighted by Crippen LogP contribution is 2.28. The standard InChI is InChI=1S/C18H26N2O3S/c1-13(18(21)20(2)15-10-11-24(22,23)12-15)19-17-9-5-7-14-6-3-4-8-16(14)17/h5,7,9,13,15,19H,3-4,6,8,10-12H2,1-2H3/t13-,15+/m1/s1. The van der Waals surface area contributed by atoms with Crippen LogP contribution in [0.25, 0.3) is 0 Å². The number of hydrogen-bond donors (Lipinski definition) is 1. The highest BCUT2D eigenvalue weighted by Gasteiger charge is 2.34. The van der Waals surface area contributed by atoms with Crippen LogP contribution in [0.3, 0.4) is 0 Å². The Morgan fingerprint density at radius 3 is 2.75 bits per heavy atom. The zero-order valence-electron chi connectivity index (χ0n) is 14.4. The molecule has 132 valence electrons. The monoisotopic (exact) mass is 350 g/mol. The van der Waals surface area contributed by atoms with Crippen LogP contribution in [0.4, 0.5) is 5.69 Å². The molecule has 1 fully saturated rings. The Hall–Kier alpha value is -1.56. The molecule has 1 aromatic carbocycles. The molecular formula is C18H26N2O3S. The van der Waals surface area contributed by atoms with Gasteiger partial charge in [0, 0.05) is 18.8 Å². The fourth-order valence-corrected chi connectivity index (χ4v) is 5.55. The first-order valence-corrected chi connectivity index (χ1v) is 10.5. The smallest absolute Gasteiger partial charge is 0.244 e. The van der Waals surface area contributed by atoms with Crippen LogP contribution in [0, 0.1) is 0 Å². The van der Waals surface area contributed by atoms with Gasteiger partial charge in [0.15, 0.2) is 9.84 Å². The Kier molecular flexibility index (Phi) is 4.85. The molecule has 2 aliphatic rings. The Morgan fingerprint density at radius 1 is 1.29 bits per heavy atom. The van der Waals surface area contributed by atoms with Crippen molar-refractivity contribution in [3.8, 4) is 0 Å². The van der Waals surface area contributed by atoms with E-state index in [1.54, 1.807) is 11.9 Å². The van der Waals surface area contributed by atoms with E-state index in [9.17, 15) is 13.2 Å². The average Bonchev–Trinajstić information content (AvgIpc) is 2.93. The van der Waals surface area contributed by atoms with Crippen molar-refractivity contribution < 1.29 is 13.2 Å². The van der Waals surface area contributed by atoms with E-state index >= 15 is 0 Å². The highest BCUT2D eigenvalue weighted by atomic mass is 32.2. The highest BCUT2D eigenvalue weighted by molar-refractivity contribution is 7.91. The number of fused-ring (bicyclic) bond motifs is 1. The van der Waals surface area contributed by atoms with Gasteiger partial charge in [0.25, 0.3) is 0 Å². The van der Waals surface area contributed by atoms with Gasteiger partial charge < -0.3 is 10.2 Å². The van der Waals surface area contributed by atoms with E-state index in [0.29, 0.717) is 6.42 Å². The molecule has 2 atom stereocenters. The first-order chi connectivity index (χ1) is 11.4. The predicted molar refractivity (Wildman–Crippen MR) is 96.0 cm³/mol. The molecule has 1 aromatic rings. The van der Waals surface area contributed by atoms with Crippen LogP contribution in [0.15, 0.2) is 18.2 Å². The summed E-state index contributed by atoms with van der Waals surface area (Å²) < 4.78 is 23.3. The number of sulfone groups is 1. The summed E-state index contributed by atoms with van der Waals surface area (Å²) >= 11 is 0. The number of rotatable bonds is 4. The molecule has 1 aliphatic carbocycles. The van der Waals surface area contributed by atoms with Crippen molar-refractivity contribution in [1.82, 2.24) is 4.90 Å². The number of amides is 1. The van der Waals surface area contributed by atoms with E-state index in [1.165, 1.54) is 24.0 Å². The average molecular weight is 350 g/mol. The maximum Gasteiger partial charge on any atom is 0.244 e. The molecule has 1 heterocycles. The number of anilines is 1. The maximum absolute atomic E-state index is 12.7. The molecule has 1 N–H and O–H groups in total. The van der Waals surface area contributed by atoms with Crippen LogP contribution < -0.4 is 5.32 Å². The largest absolute Gasteiger partial charge is 0.374 e. The number of benzene rings is 1. The van der Waals surface area contributed by atoms with E-state index in [-0.39, 0.29) is 29.5 Å². The molecule has 0 radical (unpaired) electrons. The molecule has 5 nitrogen and oxygen atoms in total. The van der Waals surface area contributed by atoms with Gasteiger partial charge in [-0.15, -0.1) is 0 Å². The van der Waals surface area contributed by atoms with Crippen molar-refractivity contribution in [2.45, 2.75) is 51.1 Å². The molecule has 6 heteroatoms. The number of carbonyl (C=O) groups excluding carboxylic acids is 1. The molecule has 1 saturated heterocycles. The number of likely N-dealkylation sites (N-methyl/N-ethyl adjacent to an activating group) is 1. The third kappa shape index (κ3) is 3.58. The van der Waals surface area contributed by atoms with Crippen LogP contribution in [-0.4, -0.2) is 49.9 Å². The third-order valence-corrected chi connectivity index (χ3v) is 6.99. The molecule has 1 aliphatic heterocycles. The van der Waals surface area contributed by atoms with Crippen molar-refractivity contribution in [3.63, 3.8) is 0 Å². The number of aryl methyl sites for hydroxylation is 1. The first-order valence-electron chi connectivity index (χ1n) is 8.72. The van der Waals surface area contributed by atoms with Gasteiger partial charge in [-0.2, -0.15) is 0 Å². The van der Waals surface area contributed by atoms with Crippen molar-refractivity contribution in [1.29, 1.82) is 0 Å². The van der Waals surface area contributed by atoms with Gasteiger partial charge in [0.1, 0.15) is 6.04 Å². The van der Waals surface area contributed by atoms with E-state index in [1.807, 2.05) is 19.1 Å². The van der Waals surface area contributed by atoms with Crippen molar-refractivity contribution >= 4 is 21.4 Å². The Labute approximate surface area is 144 Å². The van der Waals surface area contributed by atoms with Gasteiger partial charge in [-0.1, -0.05) is 12.1 Å². The van der Waals surface area contributed by atoms with Gasteiger partial charge in [0.05, 0.1) is 11.5 Å². The van der Waals surface area contributed by atoms with E-state index in [4.69, 9.17) is 0 Å². The van der Waals surface area contributed by atoms with E-state index in [2.05, 4.69) is 11.4 Å². The van der Waals surface area contributed by atoms with Gasteiger partial charge in [0.2, 0.25) is 5.91 Å². The summed E-state index contributed by atoms with van der Waals surface area (Å²) in [5.74, 6) is 0.219. The molecule has 0 spiro atoms. The normalized spacial score (nSPS) is 23.3. The first kappa shape index (κ1) is 17.3. The number of carbonyl (C=O) groups is 1. The van der Waals surface area contributed by atoms with Crippen LogP contribution in [-0.2, 0) is 27.5 Å². The topological polar surface area (TPSA) is 66.5 Å². The summed E-state index contributed by atoms with van der Waals surface area (Å²) in [5.41, 5.74) is 3.75. The minimum absolute atomic E-state index is 0.0505. The Balaban J connectivity index is 1.69. The Morgan fingerprint density at radius 2 is 2.04 bits per heavy atom. The lowest BCUT2D eigenvalue weighted by atomic mass is 9.90. The molecule has 1 amide bonds. The van der Waals surface area contributed by atoms with E-state index in [0.717, 1.165) is 18.5 Å². The summed E-state index contributed by atoms with van der Waals surface area (Å²) in [7, 11) is -1.27. The Bertz CT molecular complexity index is 730. The molecule has 0 bridgehead atoms.